The van der Waals surface area contributed by atoms with Gasteiger partial charge in [0, 0.05) is 7.11 Å². The Morgan fingerprint density at radius 2 is 2.50 bits per heavy atom. The highest BCUT2D eigenvalue weighted by Crippen LogP contribution is 2.16. The minimum atomic E-state index is -0.250. The molecule has 0 aromatic carbocycles. The normalized spacial score (nSPS) is 25.2. The van der Waals surface area contributed by atoms with Gasteiger partial charge in [0.2, 0.25) is 0 Å². The van der Waals surface area contributed by atoms with Crippen molar-refractivity contribution in [1.29, 1.82) is 0 Å². The lowest BCUT2D eigenvalue weighted by atomic mass is 10.0. The summed E-state index contributed by atoms with van der Waals surface area (Å²) in [5.74, 6) is 0. The number of aliphatic hydroxyl groups excluding tert-OH is 1. The second-order valence-electron chi connectivity index (χ2n) is 3.20. The highest BCUT2D eigenvalue weighted by molar-refractivity contribution is 5.24. The van der Waals surface area contributed by atoms with Crippen LogP contribution in [0.4, 0.5) is 0 Å². The van der Waals surface area contributed by atoms with E-state index in [9.17, 15) is 0 Å². The molecule has 0 fully saturated rings. The monoisotopic (exact) mass is 168 g/mol. The van der Waals surface area contributed by atoms with Crippen molar-refractivity contribution in [3.8, 4) is 0 Å². The van der Waals surface area contributed by atoms with Crippen LogP contribution in [-0.4, -0.2) is 24.4 Å². The summed E-state index contributed by atoms with van der Waals surface area (Å²) < 4.78 is 5.15. The van der Waals surface area contributed by atoms with E-state index >= 15 is 0 Å². The van der Waals surface area contributed by atoms with Gasteiger partial charge in [-0.15, -0.1) is 0 Å². The predicted molar refractivity (Wildman–Crippen MR) is 48.9 cm³/mol. The molecule has 0 aliphatic heterocycles. The highest BCUT2D eigenvalue weighted by Gasteiger charge is 2.08. The van der Waals surface area contributed by atoms with E-state index in [4.69, 9.17) is 9.84 Å². The van der Waals surface area contributed by atoms with Crippen LogP contribution in [0.15, 0.2) is 23.8 Å². The average Bonchev–Trinajstić information content (AvgIpc) is 2.05. The molecule has 1 rings (SSSR count). The molecule has 0 aromatic rings. The lowest BCUT2D eigenvalue weighted by Crippen LogP contribution is -2.10. The Hall–Kier alpha value is -0.600. The van der Waals surface area contributed by atoms with Crippen LogP contribution in [0.2, 0.25) is 0 Å². The molecule has 2 heteroatoms. The van der Waals surface area contributed by atoms with Gasteiger partial charge in [-0.2, -0.15) is 0 Å². The maximum absolute atomic E-state index is 9.12. The van der Waals surface area contributed by atoms with Gasteiger partial charge in [-0.1, -0.05) is 18.2 Å². The van der Waals surface area contributed by atoms with Crippen LogP contribution < -0.4 is 0 Å². The fraction of sp³-hybridized carbons (Fsp3) is 0.600. The van der Waals surface area contributed by atoms with E-state index < -0.39 is 0 Å². The number of hydrogen-bond acceptors (Lipinski definition) is 2. The second-order valence-corrected chi connectivity index (χ2v) is 3.20. The summed E-state index contributed by atoms with van der Waals surface area (Å²) in [6.07, 6.45) is 7.84. The van der Waals surface area contributed by atoms with E-state index in [0.29, 0.717) is 0 Å². The van der Waals surface area contributed by atoms with E-state index in [1.165, 1.54) is 5.57 Å². The summed E-state index contributed by atoms with van der Waals surface area (Å²) in [4.78, 5) is 0. The van der Waals surface area contributed by atoms with E-state index in [1.54, 1.807) is 14.0 Å². The number of aliphatic hydroxyl groups is 1. The van der Waals surface area contributed by atoms with Crippen molar-refractivity contribution in [2.24, 2.45) is 0 Å². The maximum Gasteiger partial charge on any atom is 0.0789 e. The van der Waals surface area contributed by atoms with Gasteiger partial charge in [0.15, 0.2) is 0 Å². The first-order valence-corrected chi connectivity index (χ1v) is 4.30. The molecule has 0 radical (unpaired) electrons. The van der Waals surface area contributed by atoms with E-state index in [0.717, 1.165) is 12.8 Å². The topological polar surface area (TPSA) is 29.5 Å². The zero-order valence-electron chi connectivity index (χ0n) is 7.66. The maximum atomic E-state index is 9.12. The van der Waals surface area contributed by atoms with Crippen LogP contribution in [0.3, 0.4) is 0 Å². The van der Waals surface area contributed by atoms with Crippen molar-refractivity contribution in [1.82, 2.24) is 0 Å². The summed E-state index contributed by atoms with van der Waals surface area (Å²) in [6, 6.07) is 0. The van der Waals surface area contributed by atoms with Crippen LogP contribution >= 0.6 is 0 Å². The smallest absolute Gasteiger partial charge is 0.0789 e. The van der Waals surface area contributed by atoms with E-state index in [-0.39, 0.29) is 12.2 Å². The van der Waals surface area contributed by atoms with Crippen molar-refractivity contribution in [3.63, 3.8) is 0 Å². The Morgan fingerprint density at radius 1 is 1.75 bits per heavy atom. The van der Waals surface area contributed by atoms with Crippen LogP contribution in [0.1, 0.15) is 19.8 Å². The Bertz CT molecular complexity index is 192. The first kappa shape index (κ1) is 9.49. The van der Waals surface area contributed by atoms with Gasteiger partial charge in [0.25, 0.3) is 0 Å². The largest absolute Gasteiger partial charge is 0.393 e. The Labute approximate surface area is 73.5 Å². The van der Waals surface area contributed by atoms with Gasteiger partial charge in [0.1, 0.15) is 0 Å². The Kier molecular flexibility index (Phi) is 3.50. The molecular formula is C10H16O2. The van der Waals surface area contributed by atoms with Crippen LogP contribution in [-0.2, 0) is 4.74 Å². The summed E-state index contributed by atoms with van der Waals surface area (Å²) in [5.41, 5.74) is 1.21. The summed E-state index contributed by atoms with van der Waals surface area (Å²) in [7, 11) is 1.71. The quantitative estimate of drug-likeness (QED) is 0.694. The molecule has 0 spiro atoms. The lowest BCUT2D eigenvalue weighted by Gasteiger charge is -2.15. The number of methoxy groups -OCH3 is 1. The summed E-state index contributed by atoms with van der Waals surface area (Å²) in [6.45, 7) is 1.80. The average molecular weight is 168 g/mol. The van der Waals surface area contributed by atoms with Gasteiger partial charge >= 0.3 is 0 Å². The molecule has 0 heterocycles. The van der Waals surface area contributed by atoms with Crippen molar-refractivity contribution < 1.29 is 9.84 Å². The number of ether oxygens (including phenoxy) is 1. The highest BCUT2D eigenvalue weighted by atomic mass is 16.5. The van der Waals surface area contributed by atoms with Gasteiger partial charge in [-0.25, -0.2) is 0 Å². The van der Waals surface area contributed by atoms with Gasteiger partial charge in [-0.3, -0.25) is 0 Å². The molecular weight excluding hydrogens is 152 g/mol. The van der Waals surface area contributed by atoms with Crippen LogP contribution in [0.25, 0.3) is 0 Å². The minimum absolute atomic E-state index is 0.225. The van der Waals surface area contributed by atoms with Crippen molar-refractivity contribution in [2.75, 3.05) is 7.11 Å². The molecule has 12 heavy (non-hydrogen) atoms. The second kappa shape index (κ2) is 4.43. The molecule has 2 unspecified atom stereocenters. The van der Waals surface area contributed by atoms with Crippen LogP contribution in [0.5, 0.6) is 0 Å². The molecule has 0 saturated carbocycles. The fourth-order valence-corrected chi connectivity index (χ4v) is 1.31. The zero-order chi connectivity index (χ0) is 8.97. The molecule has 0 amide bonds. The lowest BCUT2D eigenvalue weighted by molar-refractivity contribution is 0.141. The Morgan fingerprint density at radius 3 is 2.92 bits per heavy atom. The molecule has 0 saturated heterocycles. The van der Waals surface area contributed by atoms with Crippen molar-refractivity contribution >= 4 is 0 Å². The molecule has 0 bridgehead atoms. The summed E-state index contributed by atoms with van der Waals surface area (Å²) in [5, 5.41) is 9.12. The third kappa shape index (κ3) is 2.80. The van der Waals surface area contributed by atoms with Crippen molar-refractivity contribution in [2.45, 2.75) is 32.0 Å². The number of allylic oxidation sites excluding steroid dienone is 1. The third-order valence-electron chi connectivity index (χ3n) is 1.97. The molecule has 2 atom stereocenters. The molecule has 1 aliphatic rings. The molecule has 1 aliphatic carbocycles. The molecule has 2 nitrogen and oxygen atoms in total. The van der Waals surface area contributed by atoms with Gasteiger partial charge in [0.05, 0.1) is 12.2 Å². The molecule has 68 valence electrons. The van der Waals surface area contributed by atoms with E-state index in [2.05, 4.69) is 6.08 Å². The molecule has 1 N–H and O–H groups in total. The van der Waals surface area contributed by atoms with Gasteiger partial charge in [-0.05, 0) is 25.3 Å². The van der Waals surface area contributed by atoms with E-state index in [1.807, 2.05) is 12.2 Å². The third-order valence-corrected chi connectivity index (χ3v) is 1.97. The summed E-state index contributed by atoms with van der Waals surface area (Å²) >= 11 is 0. The fourth-order valence-electron chi connectivity index (χ4n) is 1.31. The van der Waals surface area contributed by atoms with Gasteiger partial charge < -0.3 is 9.84 Å². The number of rotatable bonds is 3. The SMILES string of the molecule is COC1C=CC(CC(C)O)=CC1. The predicted octanol–water partition coefficient (Wildman–Crippen LogP) is 1.66. The zero-order valence-corrected chi connectivity index (χ0v) is 7.66. The van der Waals surface area contributed by atoms with Crippen LogP contribution in [0, 0.1) is 0 Å². The molecule has 0 aromatic heterocycles. The number of hydrogen-bond donors (Lipinski definition) is 1. The minimum Gasteiger partial charge on any atom is -0.393 e. The Balaban J connectivity index is 2.41. The first-order chi connectivity index (χ1) is 5.72. The van der Waals surface area contributed by atoms with Crippen molar-refractivity contribution in [3.05, 3.63) is 23.8 Å². The first-order valence-electron chi connectivity index (χ1n) is 4.30. The standard InChI is InChI=1S/C10H16O2/c1-8(11)7-9-3-5-10(12-2)6-4-9/h3-5,8,10-11H,6-7H2,1-2H3.